The number of aromatic nitrogens is 1. The van der Waals surface area contributed by atoms with Gasteiger partial charge in [0.2, 0.25) is 5.91 Å². The summed E-state index contributed by atoms with van der Waals surface area (Å²) < 4.78 is 6.26. The number of rotatable bonds is 7. The van der Waals surface area contributed by atoms with E-state index in [1.54, 1.807) is 4.73 Å². The molecule has 0 saturated heterocycles. The number of nitrogens with zero attached hydrogens (tertiary/aromatic N) is 1. The first kappa shape index (κ1) is 15.9. The van der Waals surface area contributed by atoms with Crippen molar-refractivity contribution in [2.45, 2.75) is 19.8 Å². The Morgan fingerprint density at radius 2 is 2.05 bits per heavy atom. The first-order valence-electron chi connectivity index (χ1n) is 7.15. The van der Waals surface area contributed by atoms with Crippen LogP contribution in [0.2, 0.25) is 0 Å². The molecule has 118 valence electrons. The van der Waals surface area contributed by atoms with Crippen LogP contribution in [0, 0.1) is 0 Å². The minimum Gasteiger partial charge on any atom is -0.469 e. The molecule has 2 rings (SSSR count). The van der Waals surface area contributed by atoms with Gasteiger partial charge in [-0.25, -0.2) is 0 Å². The lowest BCUT2D eigenvalue weighted by molar-refractivity contribution is -0.141. The summed E-state index contributed by atoms with van der Waals surface area (Å²) in [5.74, 6) is -0.347. The van der Waals surface area contributed by atoms with Crippen molar-refractivity contribution in [3.05, 3.63) is 36.0 Å². The van der Waals surface area contributed by atoms with E-state index in [4.69, 9.17) is 4.84 Å². The molecule has 0 aliphatic carbocycles. The number of carbonyl (C=O) groups is 2. The molecular weight excluding hydrogens is 284 g/mol. The fourth-order valence-corrected chi connectivity index (χ4v) is 2.23. The zero-order chi connectivity index (χ0) is 15.9. The number of nitrogens with one attached hydrogen (secondary N) is 1. The van der Waals surface area contributed by atoms with Crippen LogP contribution in [0.1, 0.15) is 18.9 Å². The highest BCUT2D eigenvalue weighted by molar-refractivity contribution is 5.83. The number of esters is 1. The van der Waals surface area contributed by atoms with Crippen LogP contribution in [-0.2, 0) is 20.7 Å². The summed E-state index contributed by atoms with van der Waals surface area (Å²) in [7, 11) is 1.35. The molecule has 1 amide bonds. The molecule has 1 heterocycles. The third kappa shape index (κ3) is 4.00. The highest BCUT2D eigenvalue weighted by atomic mass is 16.7. The summed E-state index contributed by atoms with van der Waals surface area (Å²) in [6, 6.07) is 7.86. The van der Waals surface area contributed by atoms with Crippen molar-refractivity contribution in [1.82, 2.24) is 10.0 Å². The van der Waals surface area contributed by atoms with E-state index in [2.05, 4.69) is 10.1 Å². The topological polar surface area (TPSA) is 69.6 Å². The van der Waals surface area contributed by atoms with Crippen LogP contribution in [0.4, 0.5) is 0 Å². The fraction of sp³-hybridized carbons (Fsp3) is 0.375. The van der Waals surface area contributed by atoms with Crippen LogP contribution < -0.4 is 10.2 Å². The maximum absolute atomic E-state index is 11.1. The highest BCUT2D eigenvalue weighted by Gasteiger charge is 2.09. The third-order valence-corrected chi connectivity index (χ3v) is 3.29. The molecule has 1 N–H and O–H groups in total. The Hall–Kier alpha value is -2.50. The molecule has 6 nitrogen and oxygen atoms in total. The summed E-state index contributed by atoms with van der Waals surface area (Å²) in [6.45, 7) is 2.32. The van der Waals surface area contributed by atoms with E-state index < -0.39 is 0 Å². The van der Waals surface area contributed by atoms with Crippen molar-refractivity contribution >= 4 is 22.8 Å². The molecule has 0 saturated carbocycles. The Morgan fingerprint density at radius 1 is 1.27 bits per heavy atom. The molecule has 1 aromatic carbocycles. The summed E-state index contributed by atoms with van der Waals surface area (Å²) in [4.78, 5) is 27.7. The van der Waals surface area contributed by atoms with Crippen LogP contribution in [-0.4, -0.2) is 36.9 Å². The molecule has 0 unspecified atom stereocenters. The smallest absolute Gasteiger partial charge is 0.309 e. The van der Waals surface area contributed by atoms with Gasteiger partial charge in [0.25, 0.3) is 0 Å². The predicted octanol–water partition coefficient (Wildman–Crippen LogP) is 1.31. The highest BCUT2D eigenvalue weighted by Crippen LogP contribution is 2.20. The van der Waals surface area contributed by atoms with E-state index in [0.29, 0.717) is 13.0 Å². The van der Waals surface area contributed by atoms with Gasteiger partial charge in [-0.1, -0.05) is 18.2 Å². The first-order valence-corrected chi connectivity index (χ1v) is 7.15. The molecule has 0 fully saturated rings. The van der Waals surface area contributed by atoms with Crippen molar-refractivity contribution < 1.29 is 19.2 Å². The third-order valence-electron chi connectivity index (χ3n) is 3.29. The van der Waals surface area contributed by atoms with Crippen LogP contribution >= 0.6 is 0 Å². The van der Waals surface area contributed by atoms with E-state index in [1.165, 1.54) is 14.0 Å². The van der Waals surface area contributed by atoms with Crippen LogP contribution in [0.3, 0.4) is 0 Å². The molecule has 6 heteroatoms. The molecule has 0 aliphatic rings. The number of methoxy groups -OCH3 is 1. The lowest BCUT2D eigenvalue weighted by Gasteiger charge is -2.07. The van der Waals surface area contributed by atoms with Gasteiger partial charge in [-0.3, -0.25) is 9.59 Å². The SMILES string of the molecule is COC(=O)CCOn1cc(CCNC(C)=O)c2ccccc21. The van der Waals surface area contributed by atoms with E-state index in [9.17, 15) is 9.59 Å². The van der Waals surface area contributed by atoms with Crippen molar-refractivity contribution in [2.24, 2.45) is 0 Å². The van der Waals surface area contributed by atoms with E-state index in [-0.39, 0.29) is 24.9 Å². The minimum atomic E-state index is -0.303. The quantitative estimate of drug-likeness (QED) is 0.783. The van der Waals surface area contributed by atoms with Gasteiger partial charge < -0.3 is 14.9 Å². The zero-order valence-corrected chi connectivity index (χ0v) is 12.8. The van der Waals surface area contributed by atoms with Crippen molar-refractivity contribution in [3.63, 3.8) is 0 Å². The number of carbonyl (C=O) groups excluding carboxylic acids is 2. The number of hydrogen-bond acceptors (Lipinski definition) is 4. The van der Waals surface area contributed by atoms with Crippen LogP contribution in [0.5, 0.6) is 0 Å². The van der Waals surface area contributed by atoms with Gasteiger partial charge in [-0.05, 0) is 18.1 Å². The summed E-state index contributed by atoms with van der Waals surface area (Å²) in [6.07, 6.45) is 2.81. The van der Waals surface area contributed by atoms with Gasteiger partial charge in [0, 0.05) is 25.1 Å². The minimum absolute atomic E-state index is 0.0435. The zero-order valence-electron chi connectivity index (χ0n) is 12.8. The number of amides is 1. The summed E-state index contributed by atoms with van der Waals surface area (Å²) in [5, 5.41) is 3.86. The number of para-hydroxylation sites is 1. The van der Waals surface area contributed by atoms with E-state index in [0.717, 1.165) is 16.5 Å². The van der Waals surface area contributed by atoms with Crippen LogP contribution in [0.25, 0.3) is 10.9 Å². The Morgan fingerprint density at radius 3 is 2.77 bits per heavy atom. The molecule has 0 spiro atoms. The molecule has 1 aromatic heterocycles. The van der Waals surface area contributed by atoms with Crippen molar-refractivity contribution in [1.29, 1.82) is 0 Å². The van der Waals surface area contributed by atoms with Gasteiger partial charge in [0.05, 0.1) is 19.0 Å². The molecule has 22 heavy (non-hydrogen) atoms. The largest absolute Gasteiger partial charge is 0.469 e. The summed E-state index contributed by atoms with van der Waals surface area (Å²) in [5.41, 5.74) is 2.02. The average Bonchev–Trinajstić information content (AvgIpc) is 2.85. The Labute approximate surface area is 129 Å². The Bertz CT molecular complexity index is 663. The van der Waals surface area contributed by atoms with Crippen LogP contribution in [0.15, 0.2) is 30.5 Å². The lowest BCUT2D eigenvalue weighted by Crippen LogP contribution is -2.22. The van der Waals surface area contributed by atoms with Gasteiger partial charge in [0.1, 0.15) is 6.61 Å². The second-order valence-electron chi connectivity index (χ2n) is 4.89. The van der Waals surface area contributed by atoms with Gasteiger partial charge >= 0.3 is 5.97 Å². The van der Waals surface area contributed by atoms with Gasteiger partial charge in [-0.15, -0.1) is 0 Å². The molecule has 0 bridgehead atoms. The first-order chi connectivity index (χ1) is 10.6. The van der Waals surface area contributed by atoms with Crippen molar-refractivity contribution in [2.75, 3.05) is 20.3 Å². The predicted molar refractivity (Wildman–Crippen MR) is 82.4 cm³/mol. The second-order valence-corrected chi connectivity index (χ2v) is 4.89. The number of benzene rings is 1. The van der Waals surface area contributed by atoms with E-state index >= 15 is 0 Å². The molecular formula is C16H20N2O4. The maximum atomic E-state index is 11.1. The summed E-state index contributed by atoms with van der Waals surface area (Å²) >= 11 is 0. The Balaban J connectivity index is 2.09. The average molecular weight is 304 g/mol. The molecule has 0 aliphatic heterocycles. The van der Waals surface area contributed by atoms with E-state index in [1.807, 2.05) is 30.5 Å². The number of fused-ring (bicyclic) bond motifs is 1. The van der Waals surface area contributed by atoms with Gasteiger partial charge in [-0.2, -0.15) is 4.73 Å². The number of hydrogen-bond donors (Lipinski definition) is 1. The van der Waals surface area contributed by atoms with Gasteiger partial charge in [0.15, 0.2) is 0 Å². The molecule has 0 radical (unpaired) electrons. The molecule has 2 aromatic rings. The lowest BCUT2D eigenvalue weighted by atomic mass is 10.1. The maximum Gasteiger partial charge on any atom is 0.309 e. The standard InChI is InChI=1S/C16H20N2O4/c1-12(19)17-9-7-13-11-18(22-10-8-16(20)21-2)15-6-4-3-5-14(13)15/h3-6,11H,7-10H2,1-2H3,(H,17,19). The normalized spacial score (nSPS) is 10.5. The van der Waals surface area contributed by atoms with Crippen molar-refractivity contribution in [3.8, 4) is 0 Å². The molecule has 0 atom stereocenters. The second kappa shape index (κ2) is 7.49. The fourth-order valence-electron chi connectivity index (χ4n) is 2.23. The Kier molecular flexibility index (Phi) is 5.41. The number of ether oxygens (including phenoxy) is 1. The monoisotopic (exact) mass is 304 g/mol.